The summed E-state index contributed by atoms with van der Waals surface area (Å²) in [5.74, 6) is -1.29. The number of aliphatic carboxylic acids is 1. The van der Waals surface area contributed by atoms with Crippen LogP contribution >= 0.6 is 0 Å². The van der Waals surface area contributed by atoms with Crippen molar-refractivity contribution in [1.29, 1.82) is 0 Å². The first-order valence-corrected chi connectivity index (χ1v) is 5.60. The average molecular weight is 243 g/mol. The van der Waals surface area contributed by atoms with Crippen molar-refractivity contribution in [3.05, 3.63) is 0 Å². The van der Waals surface area contributed by atoms with Crippen LogP contribution in [0.25, 0.3) is 0 Å². The highest BCUT2D eigenvalue weighted by Crippen LogP contribution is 2.16. The molecule has 3 N–H and O–H groups in total. The van der Waals surface area contributed by atoms with Crippen molar-refractivity contribution >= 4 is 17.9 Å². The number of carboxylic acid groups (broad SMARTS) is 1. The molecule has 3 amide bonds. The van der Waals surface area contributed by atoms with Crippen LogP contribution in [0.5, 0.6) is 0 Å². The maximum absolute atomic E-state index is 11.6. The number of hydrogen-bond acceptors (Lipinski definition) is 3. The van der Waals surface area contributed by atoms with E-state index in [-0.39, 0.29) is 12.5 Å². The zero-order valence-corrected chi connectivity index (χ0v) is 9.73. The molecule has 7 heteroatoms. The van der Waals surface area contributed by atoms with Gasteiger partial charge in [0, 0.05) is 13.1 Å². The summed E-state index contributed by atoms with van der Waals surface area (Å²) in [5.41, 5.74) is 0. The largest absolute Gasteiger partial charge is 0.480 e. The van der Waals surface area contributed by atoms with Crippen molar-refractivity contribution in [3.8, 4) is 0 Å². The quantitative estimate of drug-likeness (QED) is 0.613. The molecule has 1 heterocycles. The van der Waals surface area contributed by atoms with E-state index in [1.54, 1.807) is 6.92 Å². The fourth-order valence-electron chi connectivity index (χ4n) is 1.78. The van der Waals surface area contributed by atoms with Gasteiger partial charge in [0.25, 0.3) is 0 Å². The SMILES string of the molecule is CCNC(=O)CNC(=O)N1CCC[C@@H]1C(=O)O. The Bertz CT molecular complexity index is 319. The van der Waals surface area contributed by atoms with Gasteiger partial charge in [-0.15, -0.1) is 0 Å². The number of carbonyl (C=O) groups is 3. The molecule has 0 aliphatic carbocycles. The van der Waals surface area contributed by atoms with Gasteiger partial charge in [-0.2, -0.15) is 0 Å². The van der Waals surface area contributed by atoms with Crippen molar-refractivity contribution in [3.63, 3.8) is 0 Å². The number of likely N-dealkylation sites (tertiary alicyclic amines) is 1. The minimum absolute atomic E-state index is 0.129. The van der Waals surface area contributed by atoms with Gasteiger partial charge in [-0.25, -0.2) is 9.59 Å². The summed E-state index contributed by atoms with van der Waals surface area (Å²) in [4.78, 5) is 34.9. The summed E-state index contributed by atoms with van der Waals surface area (Å²) in [5, 5.41) is 13.8. The Morgan fingerprint density at radius 1 is 1.35 bits per heavy atom. The number of carbonyl (C=O) groups excluding carboxylic acids is 2. The highest BCUT2D eigenvalue weighted by molar-refractivity contribution is 5.87. The molecule has 1 aliphatic heterocycles. The van der Waals surface area contributed by atoms with E-state index in [4.69, 9.17) is 5.11 Å². The van der Waals surface area contributed by atoms with Gasteiger partial charge in [-0.3, -0.25) is 4.79 Å². The van der Waals surface area contributed by atoms with Crippen molar-refractivity contribution in [2.45, 2.75) is 25.8 Å². The van der Waals surface area contributed by atoms with Crippen molar-refractivity contribution < 1.29 is 19.5 Å². The first-order chi connectivity index (χ1) is 8.06. The Balaban J connectivity index is 2.42. The van der Waals surface area contributed by atoms with Crippen LogP contribution < -0.4 is 10.6 Å². The molecule has 0 aromatic heterocycles. The topological polar surface area (TPSA) is 98.7 Å². The number of amides is 3. The van der Waals surface area contributed by atoms with Crippen LogP contribution in [0.15, 0.2) is 0 Å². The van der Waals surface area contributed by atoms with Crippen LogP contribution in [0, 0.1) is 0 Å². The maximum atomic E-state index is 11.6. The van der Waals surface area contributed by atoms with E-state index in [9.17, 15) is 14.4 Å². The number of likely N-dealkylation sites (N-methyl/N-ethyl adjacent to an activating group) is 1. The van der Waals surface area contributed by atoms with Gasteiger partial charge < -0.3 is 20.6 Å². The lowest BCUT2D eigenvalue weighted by atomic mass is 10.2. The predicted molar refractivity (Wildman–Crippen MR) is 59.4 cm³/mol. The molecule has 1 atom stereocenters. The number of rotatable bonds is 4. The summed E-state index contributed by atoms with van der Waals surface area (Å²) in [7, 11) is 0. The average Bonchev–Trinajstić information content (AvgIpc) is 2.75. The van der Waals surface area contributed by atoms with E-state index in [1.165, 1.54) is 4.90 Å². The summed E-state index contributed by atoms with van der Waals surface area (Å²) < 4.78 is 0. The number of nitrogens with one attached hydrogen (secondary N) is 2. The van der Waals surface area contributed by atoms with Gasteiger partial charge in [0.1, 0.15) is 6.04 Å². The highest BCUT2D eigenvalue weighted by atomic mass is 16.4. The summed E-state index contributed by atoms with van der Waals surface area (Å²) in [6.07, 6.45) is 1.13. The Morgan fingerprint density at radius 2 is 2.06 bits per heavy atom. The smallest absolute Gasteiger partial charge is 0.326 e. The van der Waals surface area contributed by atoms with Gasteiger partial charge >= 0.3 is 12.0 Å². The molecular formula is C10H17N3O4. The third-order valence-corrected chi connectivity index (χ3v) is 2.57. The number of urea groups is 1. The van der Waals surface area contributed by atoms with Crippen LogP contribution in [0.4, 0.5) is 4.79 Å². The molecule has 0 unspecified atom stereocenters. The molecule has 96 valence electrons. The Labute approximate surface area is 99.2 Å². The minimum atomic E-state index is -1.00. The molecule has 0 aromatic rings. The molecule has 1 saturated heterocycles. The van der Waals surface area contributed by atoms with E-state index in [2.05, 4.69) is 10.6 Å². The highest BCUT2D eigenvalue weighted by Gasteiger charge is 2.33. The first-order valence-electron chi connectivity index (χ1n) is 5.60. The maximum Gasteiger partial charge on any atom is 0.326 e. The molecule has 0 spiro atoms. The molecule has 7 nitrogen and oxygen atoms in total. The molecule has 0 bridgehead atoms. The Kier molecular flexibility index (Phi) is 4.74. The van der Waals surface area contributed by atoms with Crippen molar-refractivity contribution in [2.24, 2.45) is 0 Å². The summed E-state index contributed by atoms with van der Waals surface area (Å²) in [6.45, 7) is 2.56. The fourth-order valence-corrected chi connectivity index (χ4v) is 1.78. The van der Waals surface area contributed by atoms with E-state index < -0.39 is 18.0 Å². The fraction of sp³-hybridized carbons (Fsp3) is 0.700. The van der Waals surface area contributed by atoms with E-state index in [0.717, 1.165) is 0 Å². The molecule has 1 rings (SSSR count). The summed E-state index contributed by atoms with van der Waals surface area (Å²) >= 11 is 0. The molecule has 0 saturated carbocycles. The molecular weight excluding hydrogens is 226 g/mol. The van der Waals surface area contributed by atoms with Crippen molar-refractivity contribution in [1.82, 2.24) is 15.5 Å². The van der Waals surface area contributed by atoms with Crippen LogP contribution in [-0.4, -0.2) is 53.6 Å². The van der Waals surface area contributed by atoms with E-state index in [0.29, 0.717) is 25.9 Å². The van der Waals surface area contributed by atoms with E-state index >= 15 is 0 Å². The van der Waals surface area contributed by atoms with Gasteiger partial charge in [0.15, 0.2) is 0 Å². The van der Waals surface area contributed by atoms with Gasteiger partial charge in [0.2, 0.25) is 5.91 Å². The lowest BCUT2D eigenvalue weighted by molar-refractivity contribution is -0.141. The molecule has 0 aromatic carbocycles. The van der Waals surface area contributed by atoms with Crippen molar-refractivity contribution in [2.75, 3.05) is 19.6 Å². The van der Waals surface area contributed by atoms with E-state index in [1.807, 2.05) is 0 Å². The molecule has 1 fully saturated rings. The third-order valence-electron chi connectivity index (χ3n) is 2.57. The van der Waals surface area contributed by atoms with Crippen LogP contribution in [-0.2, 0) is 9.59 Å². The van der Waals surface area contributed by atoms with Gasteiger partial charge in [-0.1, -0.05) is 0 Å². The molecule has 0 radical (unpaired) electrons. The second-order valence-corrected chi connectivity index (χ2v) is 3.80. The van der Waals surface area contributed by atoms with Crippen LogP contribution in [0.1, 0.15) is 19.8 Å². The second-order valence-electron chi connectivity index (χ2n) is 3.80. The standard InChI is InChI=1S/C10H17N3O4/c1-2-11-8(14)6-12-10(17)13-5-3-4-7(13)9(15)16/h7H,2-6H2,1H3,(H,11,14)(H,12,17)(H,15,16)/t7-/m1/s1. The molecule has 1 aliphatic rings. The monoisotopic (exact) mass is 243 g/mol. The summed E-state index contributed by atoms with van der Waals surface area (Å²) in [6, 6.07) is -1.27. The number of hydrogen-bond donors (Lipinski definition) is 3. The third kappa shape index (κ3) is 3.61. The number of nitrogens with zero attached hydrogens (tertiary/aromatic N) is 1. The molecule has 17 heavy (non-hydrogen) atoms. The van der Waals surface area contributed by atoms with Crippen LogP contribution in [0.2, 0.25) is 0 Å². The zero-order valence-electron chi connectivity index (χ0n) is 9.73. The number of carboxylic acids is 1. The van der Waals surface area contributed by atoms with Gasteiger partial charge in [-0.05, 0) is 19.8 Å². The second kappa shape index (κ2) is 6.07. The predicted octanol–water partition coefficient (Wildman–Crippen LogP) is -0.619. The van der Waals surface area contributed by atoms with Crippen LogP contribution in [0.3, 0.4) is 0 Å². The normalized spacial score (nSPS) is 18.9. The minimum Gasteiger partial charge on any atom is -0.480 e. The lowest BCUT2D eigenvalue weighted by Gasteiger charge is -2.21. The zero-order chi connectivity index (χ0) is 12.8. The Hall–Kier alpha value is -1.79. The van der Waals surface area contributed by atoms with Gasteiger partial charge in [0.05, 0.1) is 6.54 Å². The lowest BCUT2D eigenvalue weighted by Crippen LogP contribution is -2.48. The Morgan fingerprint density at radius 3 is 2.65 bits per heavy atom. The first kappa shape index (κ1) is 13.3.